The predicted octanol–water partition coefficient (Wildman–Crippen LogP) is 5.34. The van der Waals surface area contributed by atoms with Crippen molar-refractivity contribution >= 4 is 29.2 Å². The monoisotopic (exact) mass is 408 g/mol. The van der Waals surface area contributed by atoms with Crippen LogP contribution in [0.3, 0.4) is 0 Å². The maximum Gasteiger partial charge on any atom is 0.335 e. The number of carboxylic acid groups (broad SMARTS) is 1. The van der Waals surface area contributed by atoms with Crippen molar-refractivity contribution in [3.05, 3.63) is 76.2 Å². The number of carboxylic acids is 1. The van der Waals surface area contributed by atoms with Gasteiger partial charge in [0.1, 0.15) is 11.5 Å². The van der Waals surface area contributed by atoms with Crippen LogP contribution in [0.5, 0.6) is 11.5 Å². The molecule has 0 atom stereocenters. The second-order valence-electron chi connectivity index (χ2n) is 6.28. The maximum atomic E-state index is 12.5. The summed E-state index contributed by atoms with van der Waals surface area (Å²) in [5.41, 5.74) is 2.21. The van der Waals surface area contributed by atoms with E-state index in [0.29, 0.717) is 17.1 Å². The number of carbonyl (C=O) groups excluding carboxylic acids is 1. The molecule has 1 heterocycles. The lowest BCUT2D eigenvalue weighted by Crippen LogP contribution is -1.99. The van der Waals surface area contributed by atoms with Crippen LogP contribution in [0.1, 0.15) is 31.2 Å². The van der Waals surface area contributed by atoms with Gasteiger partial charge >= 0.3 is 5.97 Å². The summed E-state index contributed by atoms with van der Waals surface area (Å²) in [4.78, 5) is 25.7. The van der Waals surface area contributed by atoms with Crippen LogP contribution in [-0.2, 0) is 0 Å². The van der Waals surface area contributed by atoms with Crippen molar-refractivity contribution in [2.45, 2.75) is 6.92 Å². The summed E-state index contributed by atoms with van der Waals surface area (Å²) in [5.74, 6) is 0.0211. The molecular formula is C23H20O5S. The van der Waals surface area contributed by atoms with Crippen LogP contribution in [0.2, 0.25) is 0 Å². The third kappa shape index (κ3) is 4.55. The highest BCUT2D eigenvalue weighted by molar-refractivity contribution is 7.15. The number of methoxy groups -OCH3 is 2. The smallest absolute Gasteiger partial charge is 0.335 e. The molecule has 29 heavy (non-hydrogen) atoms. The molecule has 2 aromatic carbocycles. The van der Waals surface area contributed by atoms with Gasteiger partial charge in [-0.25, -0.2) is 4.79 Å². The lowest BCUT2D eigenvalue weighted by molar-refractivity contribution is 0.0696. The van der Waals surface area contributed by atoms with Gasteiger partial charge in [-0.1, -0.05) is 12.1 Å². The Balaban J connectivity index is 1.94. The molecule has 0 unspecified atom stereocenters. The quantitative estimate of drug-likeness (QED) is 0.422. The highest BCUT2D eigenvalue weighted by atomic mass is 32.1. The molecule has 0 aliphatic heterocycles. The number of benzene rings is 2. The van der Waals surface area contributed by atoms with Crippen LogP contribution >= 0.6 is 11.3 Å². The van der Waals surface area contributed by atoms with E-state index in [1.165, 1.54) is 35.2 Å². The number of carbonyl (C=O) groups is 2. The fourth-order valence-corrected chi connectivity index (χ4v) is 3.75. The number of hydrogen-bond acceptors (Lipinski definition) is 5. The van der Waals surface area contributed by atoms with Crippen molar-refractivity contribution in [2.24, 2.45) is 0 Å². The average Bonchev–Trinajstić information content (AvgIpc) is 3.17. The molecule has 1 aromatic heterocycles. The first-order valence-electron chi connectivity index (χ1n) is 8.81. The van der Waals surface area contributed by atoms with Gasteiger partial charge in [0.2, 0.25) is 0 Å². The first kappa shape index (κ1) is 20.4. The van der Waals surface area contributed by atoms with E-state index in [4.69, 9.17) is 14.6 Å². The summed E-state index contributed by atoms with van der Waals surface area (Å²) in [6.45, 7) is 2.04. The number of hydrogen-bond donors (Lipinski definition) is 1. The third-order valence-corrected chi connectivity index (χ3v) is 5.42. The van der Waals surface area contributed by atoms with Crippen molar-refractivity contribution in [1.82, 2.24) is 0 Å². The van der Waals surface area contributed by atoms with Gasteiger partial charge in [-0.2, -0.15) is 0 Å². The molecule has 3 rings (SSSR count). The van der Waals surface area contributed by atoms with Gasteiger partial charge in [-0.05, 0) is 49.4 Å². The van der Waals surface area contributed by atoms with E-state index in [1.807, 2.05) is 25.1 Å². The lowest BCUT2D eigenvalue weighted by atomic mass is 10.0. The predicted molar refractivity (Wildman–Crippen MR) is 114 cm³/mol. The van der Waals surface area contributed by atoms with Crippen LogP contribution in [0, 0.1) is 6.92 Å². The Morgan fingerprint density at radius 1 is 0.931 bits per heavy atom. The Morgan fingerprint density at radius 3 is 2.14 bits per heavy atom. The largest absolute Gasteiger partial charge is 0.496 e. The highest BCUT2D eigenvalue weighted by Gasteiger charge is 2.13. The van der Waals surface area contributed by atoms with Crippen LogP contribution in [0.15, 0.2) is 54.6 Å². The fourth-order valence-electron chi connectivity index (χ4n) is 2.86. The minimum absolute atomic E-state index is 0.137. The van der Waals surface area contributed by atoms with E-state index >= 15 is 0 Å². The maximum absolute atomic E-state index is 12.5. The van der Waals surface area contributed by atoms with Crippen LogP contribution in [0.4, 0.5) is 0 Å². The van der Waals surface area contributed by atoms with E-state index in [-0.39, 0.29) is 11.3 Å². The first-order chi connectivity index (χ1) is 13.9. The van der Waals surface area contributed by atoms with Crippen molar-refractivity contribution in [3.8, 4) is 21.9 Å². The number of thiophene rings is 1. The Morgan fingerprint density at radius 2 is 1.59 bits per heavy atom. The number of allylic oxidation sites excluding steroid dienone is 1. The number of rotatable bonds is 7. The molecule has 0 radical (unpaired) electrons. The summed E-state index contributed by atoms with van der Waals surface area (Å²) in [6, 6.07) is 13.6. The molecule has 0 aliphatic rings. The van der Waals surface area contributed by atoms with Gasteiger partial charge < -0.3 is 14.6 Å². The minimum Gasteiger partial charge on any atom is -0.496 e. The molecule has 0 aliphatic carbocycles. The molecular weight excluding hydrogens is 388 g/mol. The van der Waals surface area contributed by atoms with Gasteiger partial charge in [0, 0.05) is 32.5 Å². The lowest BCUT2D eigenvalue weighted by Gasteiger charge is -2.12. The van der Waals surface area contributed by atoms with E-state index in [2.05, 4.69) is 0 Å². The van der Waals surface area contributed by atoms with Crippen LogP contribution in [0.25, 0.3) is 16.5 Å². The molecule has 0 spiro atoms. The van der Waals surface area contributed by atoms with Crippen molar-refractivity contribution in [1.29, 1.82) is 0 Å². The molecule has 1 N–H and O–H groups in total. The normalized spacial score (nSPS) is 10.9. The van der Waals surface area contributed by atoms with Crippen molar-refractivity contribution in [2.75, 3.05) is 14.2 Å². The van der Waals surface area contributed by atoms with Crippen molar-refractivity contribution in [3.63, 3.8) is 0 Å². The van der Waals surface area contributed by atoms with Crippen LogP contribution < -0.4 is 9.47 Å². The van der Waals surface area contributed by atoms with Gasteiger partial charge in [0.15, 0.2) is 5.78 Å². The topological polar surface area (TPSA) is 72.8 Å². The van der Waals surface area contributed by atoms with E-state index in [1.54, 1.807) is 37.7 Å². The number of aromatic carboxylic acids is 1. The molecule has 6 heteroatoms. The Bertz CT molecular complexity index is 1080. The second-order valence-corrected chi connectivity index (χ2v) is 7.57. The molecule has 0 amide bonds. The molecule has 0 saturated heterocycles. The summed E-state index contributed by atoms with van der Waals surface area (Å²) in [6.07, 6.45) is 3.14. The minimum atomic E-state index is -1.03. The van der Waals surface area contributed by atoms with Gasteiger partial charge in [-0.3, -0.25) is 4.79 Å². The zero-order valence-corrected chi connectivity index (χ0v) is 17.1. The Kier molecular flexibility index (Phi) is 6.14. The van der Waals surface area contributed by atoms with Gasteiger partial charge in [0.05, 0.1) is 19.8 Å². The molecule has 5 nitrogen and oxygen atoms in total. The van der Waals surface area contributed by atoms with Gasteiger partial charge in [-0.15, -0.1) is 11.3 Å². The highest BCUT2D eigenvalue weighted by Crippen LogP contribution is 2.39. The molecule has 3 aromatic rings. The number of ether oxygens (including phenoxy) is 2. The summed E-state index contributed by atoms with van der Waals surface area (Å²) < 4.78 is 11.0. The summed E-state index contributed by atoms with van der Waals surface area (Å²) in [7, 11) is 3.17. The molecule has 148 valence electrons. The molecule has 0 bridgehead atoms. The van der Waals surface area contributed by atoms with Crippen molar-refractivity contribution < 1.29 is 24.2 Å². The molecule has 0 fully saturated rings. The fraction of sp³-hybridized carbons (Fsp3) is 0.130. The van der Waals surface area contributed by atoms with E-state index < -0.39 is 5.97 Å². The first-order valence-corrected chi connectivity index (χ1v) is 9.63. The Hall–Kier alpha value is -3.38. The average molecular weight is 408 g/mol. The zero-order chi connectivity index (χ0) is 21.0. The zero-order valence-electron chi connectivity index (χ0n) is 16.3. The standard InChI is InChI=1S/C23H20O5S/c1-14-4-11-22(29-14)18-12-17(20(27-2)13-21(18)28-3)9-10-19(24)15-5-7-16(8-6-15)23(25)26/h4-13H,1-3H3,(H,25,26)/b10-9+. The SMILES string of the molecule is COc1cc(OC)c(-c2ccc(C)s2)cc1/C=C/C(=O)c1ccc(C(=O)O)cc1. The van der Waals surface area contributed by atoms with Gasteiger partial charge in [0.25, 0.3) is 0 Å². The van der Waals surface area contributed by atoms with E-state index in [0.717, 1.165) is 16.0 Å². The number of ketones is 1. The Labute approximate surface area is 172 Å². The second kappa shape index (κ2) is 8.75. The number of aryl methyl sites for hydroxylation is 1. The molecule has 0 saturated carbocycles. The van der Waals surface area contributed by atoms with Crippen LogP contribution in [-0.4, -0.2) is 31.1 Å². The summed E-state index contributed by atoms with van der Waals surface area (Å²) in [5, 5.41) is 8.97. The van der Waals surface area contributed by atoms with E-state index in [9.17, 15) is 9.59 Å². The third-order valence-electron chi connectivity index (χ3n) is 4.39. The summed E-state index contributed by atoms with van der Waals surface area (Å²) >= 11 is 1.66.